The Hall–Kier alpha value is -0.340. The SMILES string of the molecule is CC(C)OCC/C=C/CCOC(C)C. The molecule has 0 fully saturated rings. The average molecular weight is 200 g/mol. The fourth-order valence-corrected chi connectivity index (χ4v) is 0.979. The van der Waals surface area contributed by atoms with E-state index in [-0.39, 0.29) is 0 Å². The molecule has 0 aromatic heterocycles. The summed E-state index contributed by atoms with van der Waals surface area (Å²) in [7, 11) is 0. The maximum absolute atomic E-state index is 5.40. The third-order valence-corrected chi connectivity index (χ3v) is 1.64. The molecule has 2 nitrogen and oxygen atoms in total. The molecule has 0 atom stereocenters. The Bertz CT molecular complexity index is 123. The second-order valence-electron chi connectivity index (χ2n) is 3.89. The van der Waals surface area contributed by atoms with E-state index in [1.807, 2.05) is 0 Å². The van der Waals surface area contributed by atoms with E-state index in [0.29, 0.717) is 12.2 Å². The predicted molar refractivity (Wildman–Crippen MR) is 60.6 cm³/mol. The van der Waals surface area contributed by atoms with Gasteiger partial charge in [0.1, 0.15) is 0 Å². The molecule has 0 spiro atoms. The lowest BCUT2D eigenvalue weighted by molar-refractivity contribution is 0.0806. The van der Waals surface area contributed by atoms with Gasteiger partial charge < -0.3 is 9.47 Å². The smallest absolute Gasteiger partial charge is 0.0519 e. The van der Waals surface area contributed by atoms with Crippen LogP contribution in [-0.2, 0) is 9.47 Å². The molecule has 0 aliphatic rings. The zero-order chi connectivity index (χ0) is 10.8. The van der Waals surface area contributed by atoms with Crippen LogP contribution in [-0.4, -0.2) is 25.4 Å². The second kappa shape index (κ2) is 9.22. The number of hydrogen-bond donors (Lipinski definition) is 0. The van der Waals surface area contributed by atoms with E-state index in [4.69, 9.17) is 9.47 Å². The summed E-state index contributed by atoms with van der Waals surface area (Å²) < 4.78 is 10.8. The molecule has 0 bridgehead atoms. The summed E-state index contributed by atoms with van der Waals surface area (Å²) >= 11 is 0. The van der Waals surface area contributed by atoms with Gasteiger partial charge in [-0.15, -0.1) is 0 Å². The van der Waals surface area contributed by atoms with E-state index in [1.165, 1.54) is 0 Å². The van der Waals surface area contributed by atoms with Crippen LogP contribution in [0.15, 0.2) is 12.2 Å². The molecule has 0 saturated carbocycles. The van der Waals surface area contributed by atoms with Gasteiger partial charge in [-0.2, -0.15) is 0 Å². The summed E-state index contributed by atoms with van der Waals surface area (Å²) in [6, 6.07) is 0. The highest BCUT2D eigenvalue weighted by Crippen LogP contribution is 1.95. The van der Waals surface area contributed by atoms with Crippen LogP contribution in [0.25, 0.3) is 0 Å². The first-order valence-electron chi connectivity index (χ1n) is 5.51. The molecule has 0 aliphatic carbocycles. The topological polar surface area (TPSA) is 18.5 Å². The van der Waals surface area contributed by atoms with Gasteiger partial charge in [-0.1, -0.05) is 12.2 Å². The fourth-order valence-electron chi connectivity index (χ4n) is 0.979. The zero-order valence-corrected chi connectivity index (χ0v) is 9.95. The Morgan fingerprint density at radius 1 is 0.786 bits per heavy atom. The normalized spacial score (nSPS) is 12.1. The molecule has 2 heteroatoms. The van der Waals surface area contributed by atoms with Gasteiger partial charge in [0, 0.05) is 0 Å². The van der Waals surface area contributed by atoms with Crippen LogP contribution in [0.1, 0.15) is 40.5 Å². The molecule has 0 amide bonds. The van der Waals surface area contributed by atoms with Crippen molar-refractivity contribution in [3.8, 4) is 0 Å². The molecular formula is C12H24O2. The standard InChI is InChI=1S/C12H24O2/c1-11(2)13-9-7-5-6-8-10-14-12(3)4/h5-6,11-12H,7-10H2,1-4H3/b6-5+. The molecule has 0 saturated heterocycles. The van der Waals surface area contributed by atoms with Gasteiger partial charge in [-0.25, -0.2) is 0 Å². The number of ether oxygens (including phenoxy) is 2. The van der Waals surface area contributed by atoms with Crippen molar-refractivity contribution in [1.82, 2.24) is 0 Å². The number of hydrogen-bond acceptors (Lipinski definition) is 2. The van der Waals surface area contributed by atoms with E-state index < -0.39 is 0 Å². The molecule has 0 aromatic rings. The second-order valence-corrected chi connectivity index (χ2v) is 3.89. The van der Waals surface area contributed by atoms with Crippen molar-refractivity contribution in [3.05, 3.63) is 12.2 Å². The van der Waals surface area contributed by atoms with E-state index in [0.717, 1.165) is 26.1 Å². The molecule has 14 heavy (non-hydrogen) atoms. The molecule has 0 heterocycles. The summed E-state index contributed by atoms with van der Waals surface area (Å²) in [5.41, 5.74) is 0. The number of rotatable bonds is 8. The zero-order valence-electron chi connectivity index (χ0n) is 9.95. The Balaban J connectivity index is 3.12. The van der Waals surface area contributed by atoms with Crippen LogP contribution in [0.2, 0.25) is 0 Å². The van der Waals surface area contributed by atoms with Gasteiger partial charge >= 0.3 is 0 Å². The van der Waals surface area contributed by atoms with Crippen molar-refractivity contribution in [2.45, 2.75) is 52.7 Å². The maximum Gasteiger partial charge on any atom is 0.0519 e. The van der Waals surface area contributed by atoms with Gasteiger partial charge in [0.15, 0.2) is 0 Å². The van der Waals surface area contributed by atoms with Gasteiger partial charge in [-0.3, -0.25) is 0 Å². The molecule has 0 aromatic carbocycles. The first kappa shape index (κ1) is 13.7. The summed E-state index contributed by atoms with van der Waals surface area (Å²) in [4.78, 5) is 0. The van der Waals surface area contributed by atoms with Crippen LogP contribution >= 0.6 is 0 Å². The van der Waals surface area contributed by atoms with Crippen LogP contribution in [0.5, 0.6) is 0 Å². The Morgan fingerprint density at radius 3 is 1.43 bits per heavy atom. The molecule has 0 N–H and O–H groups in total. The van der Waals surface area contributed by atoms with Crippen molar-refractivity contribution in [2.75, 3.05) is 13.2 Å². The quantitative estimate of drug-likeness (QED) is 0.442. The summed E-state index contributed by atoms with van der Waals surface area (Å²) in [6.07, 6.45) is 7.00. The van der Waals surface area contributed by atoms with Gasteiger partial charge in [0.2, 0.25) is 0 Å². The third-order valence-electron chi connectivity index (χ3n) is 1.64. The highest BCUT2D eigenvalue weighted by atomic mass is 16.5. The van der Waals surface area contributed by atoms with Crippen LogP contribution in [0.3, 0.4) is 0 Å². The van der Waals surface area contributed by atoms with Gasteiger partial charge in [0.05, 0.1) is 25.4 Å². The van der Waals surface area contributed by atoms with E-state index in [1.54, 1.807) is 0 Å². The average Bonchev–Trinajstić information content (AvgIpc) is 2.08. The summed E-state index contributed by atoms with van der Waals surface area (Å²) in [5, 5.41) is 0. The molecule has 0 rings (SSSR count). The Labute approximate surface area is 88.3 Å². The Kier molecular flexibility index (Phi) is 9.00. The highest BCUT2D eigenvalue weighted by Gasteiger charge is 1.91. The lowest BCUT2D eigenvalue weighted by atomic mass is 10.3. The lowest BCUT2D eigenvalue weighted by Crippen LogP contribution is -2.03. The first-order valence-corrected chi connectivity index (χ1v) is 5.51. The molecular weight excluding hydrogens is 176 g/mol. The molecule has 0 unspecified atom stereocenters. The van der Waals surface area contributed by atoms with Gasteiger partial charge in [-0.05, 0) is 40.5 Å². The van der Waals surface area contributed by atoms with Gasteiger partial charge in [0.25, 0.3) is 0 Å². The van der Waals surface area contributed by atoms with Crippen LogP contribution < -0.4 is 0 Å². The largest absolute Gasteiger partial charge is 0.378 e. The first-order chi connectivity index (χ1) is 6.63. The van der Waals surface area contributed by atoms with E-state index in [9.17, 15) is 0 Å². The van der Waals surface area contributed by atoms with Crippen molar-refractivity contribution in [2.24, 2.45) is 0 Å². The van der Waals surface area contributed by atoms with E-state index >= 15 is 0 Å². The summed E-state index contributed by atoms with van der Waals surface area (Å²) in [6.45, 7) is 9.86. The van der Waals surface area contributed by atoms with Crippen molar-refractivity contribution >= 4 is 0 Å². The predicted octanol–water partition coefficient (Wildman–Crippen LogP) is 3.17. The Morgan fingerprint density at radius 2 is 1.14 bits per heavy atom. The molecule has 0 aliphatic heterocycles. The maximum atomic E-state index is 5.40. The molecule has 84 valence electrons. The minimum absolute atomic E-state index is 0.340. The van der Waals surface area contributed by atoms with Crippen LogP contribution in [0, 0.1) is 0 Å². The minimum atomic E-state index is 0.340. The van der Waals surface area contributed by atoms with E-state index in [2.05, 4.69) is 39.8 Å². The van der Waals surface area contributed by atoms with Crippen LogP contribution in [0.4, 0.5) is 0 Å². The molecule has 0 radical (unpaired) electrons. The summed E-state index contributed by atoms with van der Waals surface area (Å²) in [5.74, 6) is 0. The van der Waals surface area contributed by atoms with Crippen molar-refractivity contribution in [1.29, 1.82) is 0 Å². The fraction of sp³-hybridized carbons (Fsp3) is 0.833. The lowest BCUT2D eigenvalue weighted by Gasteiger charge is -2.05. The van der Waals surface area contributed by atoms with Crippen molar-refractivity contribution in [3.63, 3.8) is 0 Å². The monoisotopic (exact) mass is 200 g/mol. The minimum Gasteiger partial charge on any atom is -0.378 e. The highest BCUT2D eigenvalue weighted by molar-refractivity contribution is 4.81. The van der Waals surface area contributed by atoms with Crippen molar-refractivity contribution < 1.29 is 9.47 Å². The third kappa shape index (κ3) is 11.7.